The highest BCUT2D eigenvalue weighted by Gasteiger charge is 2.30. The van der Waals surface area contributed by atoms with Crippen molar-refractivity contribution in [3.8, 4) is 0 Å². The molecular weight excluding hydrogens is 198 g/mol. The van der Waals surface area contributed by atoms with Crippen LogP contribution in [0.25, 0.3) is 0 Å². The van der Waals surface area contributed by atoms with Crippen molar-refractivity contribution in [1.29, 1.82) is 0 Å². The van der Waals surface area contributed by atoms with Gasteiger partial charge in [-0.25, -0.2) is 0 Å². The molecule has 3 heteroatoms. The lowest BCUT2D eigenvalue weighted by Crippen LogP contribution is -2.53. The SMILES string of the molecule is CCC[Si](Cl)(NC)c1ccccc1. The normalized spacial score (nSPS) is 15.3. The van der Waals surface area contributed by atoms with Crippen LogP contribution in [0, 0.1) is 0 Å². The van der Waals surface area contributed by atoms with E-state index >= 15 is 0 Å². The smallest absolute Gasteiger partial charge is 0.257 e. The van der Waals surface area contributed by atoms with Crippen LogP contribution in [0.4, 0.5) is 0 Å². The summed E-state index contributed by atoms with van der Waals surface area (Å²) in [4.78, 5) is 3.30. The molecule has 0 saturated carbocycles. The second-order valence-electron chi connectivity index (χ2n) is 3.17. The Bertz CT molecular complexity index is 252. The molecule has 0 spiro atoms. The molecule has 72 valence electrons. The number of hydrogen-bond donors (Lipinski definition) is 1. The standard InChI is InChI=1S/C10H16ClNSi/c1-3-9-13(11,12-2)10-7-5-4-6-8-10/h4-8,12H,3,9H2,1-2H3. The first-order valence-corrected chi connectivity index (χ1v) is 7.88. The summed E-state index contributed by atoms with van der Waals surface area (Å²) in [5.41, 5.74) is 0. The molecule has 1 aromatic rings. The predicted octanol–water partition coefficient (Wildman–Crippen LogP) is 2.20. The molecule has 0 radical (unpaired) electrons. The van der Waals surface area contributed by atoms with Crippen molar-refractivity contribution >= 4 is 23.8 Å². The lowest BCUT2D eigenvalue weighted by atomic mass is 10.4. The minimum absolute atomic E-state index is 1.08. The number of hydrogen-bond acceptors (Lipinski definition) is 1. The summed E-state index contributed by atoms with van der Waals surface area (Å²) in [6.45, 7) is 2.17. The van der Waals surface area contributed by atoms with Crippen molar-refractivity contribution in [2.24, 2.45) is 0 Å². The van der Waals surface area contributed by atoms with E-state index in [-0.39, 0.29) is 0 Å². The van der Waals surface area contributed by atoms with Crippen molar-refractivity contribution in [1.82, 2.24) is 4.98 Å². The van der Waals surface area contributed by atoms with Crippen LogP contribution in [-0.2, 0) is 0 Å². The Hall–Kier alpha value is -0.313. The molecule has 0 aliphatic rings. The Morgan fingerprint density at radius 1 is 1.31 bits per heavy atom. The van der Waals surface area contributed by atoms with Gasteiger partial charge in [-0.05, 0) is 18.3 Å². The molecular formula is C10H16ClNSi. The van der Waals surface area contributed by atoms with Crippen LogP contribution >= 0.6 is 11.1 Å². The second-order valence-corrected chi connectivity index (χ2v) is 8.28. The zero-order valence-electron chi connectivity index (χ0n) is 8.18. The minimum Gasteiger partial charge on any atom is -0.325 e. The first kappa shape index (κ1) is 10.8. The fourth-order valence-electron chi connectivity index (χ4n) is 1.46. The summed E-state index contributed by atoms with van der Waals surface area (Å²) in [5.74, 6) is 0. The number of halogens is 1. The van der Waals surface area contributed by atoms with E-state index in [1.54, 1.807) is 0 Å². The van der Waals surface area contributed by atoms with Crippen molar-refractivity contribution in [3.05, 3.63) is 30.3 Å². The number of rotatable bonds is 4. The minimum atomic E-state index is -1.88. The van der Waals surface area contributed by atoms with Crippen LogP contribution in [0.3, 0.4) is 0 Å². The summed E-state index contributed by atoms with van der Waals surface area (Å²) in [5, 5.41) is 1.28. The molecule has 13 heavy (non-hydrogen) atoms. The van der Waals surface area contributed by atoms with Crippen LogP contribution in [0.2, 0.25) is 6.04 Å². The predicted molar refractivity (Wildman–Crippen MR) is 61.8 cm³/mol. The van der Waals surface area contributed by atoms with Gasteiger partial charge in [0.1, 0.15) is 0 Å². The Morgan fingerprint density at radius 3 is 2.38 bits per heavy atom. The van der Waals surface area contributed by atoms with Gasteiger partial charge in [0.15, 0.2) is 0 Å². The molecule has 0 saturated heterocycles. The molecule has 1 aromatic carbocycles. The van der Waals surface area contributed by atoms with Crippen LogP contribution in [0.5, 0.6) is 0 Å². The zero-order valence-corrected chi connectivity index (χ0v) is 9.93. The third kappa shape index (κ3) is 2.56. The van der Waals surface area contributed by atoms with Gasteiger partial charge in [-0.15, -0.1) is 11.1 Å². The maximum atomic E-state index is 6.58. The van der Waals surface area contributed by atoms with E-state index in [9.17, 15) is 0 Å². The Morgan fingerprint density at radius 2 is 1.92 bits per heavy atom. The van der Waals surface area contributed by atoms with Crippen LogP contribution in [-0.4, -0.2) is 14.6 Å². The van der Waals surface area contributed by atoms with Gasteiger partial charge < -0.3 is 4.98 Å². The summed E-state index contributed by atoms with van der Waals surface area (Å²) >= 11 is 6.58. The van der Waals surface area contributed by atoms with Crippen LogP contribution in [0.15, 0.2) is 30.3 Å². The molecule has 1 N–H and O–H groups in total. The molecule has 0 aromatic heterocycles. The maximum Gasteiger partial charge on any atom is 0.257 e. The first-order chi connectivity index (χ1) is 6.23. The van der Waals surface area contributed by atoms with E-state index in [2.05, 4.69) is 24.0 Å². The highest BCUT2D eigenvalue weighted by atomic mass is 35.6. The van der Waals surface area contributed by atoms with Gasteiger partial charge in [0, 0.05) is 0 Å². The van der Waals surface area contributed by atoms with Gasteiger partial charge in [0.05, 0.1) is 0 Å². The summed E-state index contributed by atoms with van der Waals surface area (Å²) in [6.07, 6.45) is 1.13. The van der Waals surface area contributed by atoms with Gasteiger partial charge in [-0.1, -0.05) is 43.7 Å². The van der Waals surface area contributed by atoms with Crippen LogP contribution < -0.4 is 10.2 Å². The van der Waals surface area contributed by atoms with Crippen molar-refractivity contribution in [2.45, 2.75) is 19.4 Å². The highest BCUT2D eigenvalue weighted by molar-refractivity contribution is 7.26. The van der Waals surface area contributed by atoms with Crippen molar-refractivity contribution in [2.75, 3.05) is 7.05 Å². The van der Waals surface area contributed by atoms with Crippen molar-refractivity contribution < 1.29 is 0 Å². The third-order valence-electron chi connectivity index (χ3n) is 2.22. The molecule has 1 nitrogen and oxygen atoms in total. The Labute approximate surface area is 85.9 Å². The zero-order chi connectivity index (χ0) is 9.73. The van der Waals surface area contributed by atoms with Gasteiger partial charge in [-0.3, -0.25) is 0 Å². The molecule has 0 bridgehead atoms. The fourth-order valence-corrected chi connectivity index (χ4v) is 4.64. The van der Waals surface area contributed by atoms with Gasteiger partial charge in [0.2, 0.25) is 0 Å². The van der Waals surface area contributed by atoms with E-state index < -0.39 is 7.55 Å². The average molecular weight is 214 g/mol. The van der Waals surface area contributed by atoms with Gasteiger partial charge >= 0.3 is 0 Å². The van der Waals surface area contributed by atoms with E-state index in [1.165, 1.54) is 5.19 Å². The molecule has 0 fully saturated rings. The summed E-state index contributed by atoms with van der Waals surface area (Å²) in [7, 11) is 0.0829. The van der Waals surface area contributed by atoms with Gasteiger partial charge in [0.25, 0.3) is 7.55 Å². The largest absolute Gasteiger partial charge is 0.325 e. The quantitative estimate of drug-likeness (QED) is 0.598. The third-order valence-corrected chi connectivity index (χ3v) is 7.24. The van der Waals surface area contributed by atoms with Crippen LogP contribution in [0.1, 0.15) is 13.3 Å². The fraction of sp³-hybridized carbons (Fsp3) is 0.400. The van der Waals surface area contributed by atoms with Gasteiger partial charge in [-0.2, -0.15) is 0 Å². The summed E-state index contributed by atoms with van der Waals surface area (Å²) in [6, 6.07) is 11.4. The molecule has 1 atom stereocenters. The molecule has 0 amide bonds. The molecule has 1 unspecified atom stereocenters. The highest BCUT2D eigenvalue weighted by Crippen LogP contribution is 2.13. The average Bonchev–Trinajstić information content (AvgIpc) is 2.19. The van der Waals surface area contributed by atoms with Crippen molar-refractivity contribution in [3.63, 3.8) is 0 Å². The maximum absolute atomic E-state index is 6.58. The molecule has 0 heterocycles. The molecule has 0 aliphatic heterocycles. The number of nitrogens with one attached hydrogen (secondary N) is 1. The van der Waals surface area contributed by atoms with E-state index in [0.29, 0.717) is 0 Å². The Kier molecular flexibility index (Phi) is 3.97. The molecule has 1 rings (SSSR count). The van der Waals surface area contributed by atoms with E-state index in [1.807, 2.05) is 25.2 Å². The second kappa shape index (κ2) is 4.79. The van der Waals surface area contributed by atoms with E-state index in [4.69, 9.17) is 11.1 Å². The van der Waals surface area contributed by atoms with E-state index in [0.717, 1.165) is 12.5 Å². The Balaban J connectivity index is 2.89. The monoisotopic (exact) mass is 213 g/mol. The topological polar surface area (TPSA) is 12.0 Å². The first-order valence-electron chi connectivity index (χ1n) is 4.66. The lowest BCUT2D eigenvalue weighted by molar-refractivity contribution is 1.02. The lowest BCUT2D eigenvalue weighted by Gasteiger charge is -2.23. The summed E-state index contributed by atoms with van der Waals surface area (Å²) < 4.78 is 0. The molecule has 0 aliphatic carbocycles. The number of benzene rings is 1.